The molecule has 1 atom stereocenters. The maximum atomic E-state index is 13.7. The number of benzene rings is 2. The summed E-state index contributed by atoms with van der Waals surface area (Å²) in [6.45, 7) is 0. The van der Waals surface area contributed by atoms with Gasteiger partial charge in [-0.25, -0.2) is 4.39 Å². The molecule has 0 radical (unpaired) electrons. The van der Waals surface area contributed by atoms with Crippen LogP contribution >= 0.6 is 23.4 Å². The van der Waals surface area contributed by atoms with Gasteiger partial charge >= 0.3 is 0 Å². The fourth-order valence-corrected chi connectivity index (χ4v) is 3.29. The Kier molecular flexibility index (Phi) is 5.91. The molecule has 0 aromatic heterocycles. The monoisotopic (exact) mass is 325 g/mol. The van der Waals surface area contributed by atoms with Gasteiger partial charge in [-0.3, -0.25) is 0 Å². The van der Waals surface area contributed by atoms with E-state index in [2.05, 4.69) is 5.32 Å². The molecule has 0 bridgehead atoms. The second kappa shape index (κ2) is 7.69. The summed E-state index contributed by atoms with van der Waals surface area (Å²) in [4.78, 5) is 0.638. The van der Waals surface area contributed by atoms with Gasteiger partial charge in [0.05, 0.1) is 7.11 Å². The van der Waals surface area contributed by atoms with Gasteiger partial charge in [-0.1, -0.05) is 23.7 Å². The minimum Gasteiger partial charge on any atom is -0.496 e. The van der Waals surface area contributed by atoms with Crippen LogP contribution in [0, 0.1) is 5.82 Å². The van der Waals surface area contributed by atoms with Crippen LogP contribution in [0.5, 0.6) is 5.75 Å². The summed E-state index contributed by atoms with van der Waals surface area (Å²) >= 11 is 7.53. The summed E-state index contributed by atoms with van der Waals surface area (Å²) in [6.07, 6.45) is 0. The summed E-state index contributed by atoms with van der Waals surface area (Å²) < 4.78 is 19.0. The number of hydrogen-bond acceptors (Lipinski definition) is 3. The highest BCUT2D eigenvalue weighted by atomic mass is 35.5. The summed E-state index contributed by atoms with van der Waals surface area (Å²) in [6, 6.07) is 12.3. The Bertz CT molecular complexity index is 609. The lowest BCUT2D eigenvalue weighted by atomic mass is 10.1. The van der Waals surface area contributed by atoms with E-state index in [9.17, 15) is 4.39 Å². The van der Waals surface area contributed by atoms with Crippen LogP contribution in [0.15, 0.2) is 47.4 Å². The van der Waals surface area contributed by atoms with Crippen LogP contribution in [-0.2, 0) is 0 Å². The van der Waals surface area contributed by atoms with Gasteiger partial charge in [0.1, 0.15) is 11.6 Å². The average Bonchev–Trinajstić information content (AvgIpc) is 2.50. The van der Waals surface area contributed by atoms with Gasteiger partial charge in [0.2, 0.25) is 0 Å². The standard InChI is InChI=1S/C16H17ClFNOS/c1-19-14(10-21-16-6-4-3-5-13(16)18)12-9-11(17)7-8-15(12)20-2/h3-9,14,19H,10H2,1-2H3. The van der Waals surface area contributed by atoms with Crippen LogP contribution in [-0.4, -0.2) is 19.9 Å². The maximum Gasteiger partial charge on any atom is 0.136 e. The highest BCUT2D eigenvalue weighted by molar-refractivity contribution is 7.99. The van der Waals surface area contributed by atoms with Crippen molar-refractivity contribution in [3.8, 4) is 5.75 Å². The van der Waals surface area contributed by atoms with Crippen molar-refractivity contribution in [3.05, 3.63) is 58.9 Å². The highest BCUT2D eigenvalue weighted by Crippen LogP contribution is 2.32. The molecular formula is C16H17ClFNOS. The molecule has 0 spiro atoms. The third-order valence-corrected chi connectivity index (χ3v) is 4.53. The minimum atomic E-state index is -0.199. The van der Waals surface area contributed by atoms with E-state index in [0.717, 1.165) is 11.3 Å². The number of methoxy groups -OCH3 is 1. The van der Waals surface area contributed by atoms with Crippen molar-refractivity contribution < 1.29 is 9.13 Å². The molecule has 0 heterocycles. The molecule has 0 saturated heterocycles. The van der Waals surface area contributed by atoms with Gasteiger partial charge in [0, 0.05) is 27.3 Å². The molecule has 1 N–H and O–H groups in total. The van der Waals surface area contributed by atoms with E-state index in [1.165, 1.54) is 17.8 Å². The largest absolute Gasteiger partial charge is 0.496 e. The smallest absolute Gasteiger partial charge is 0.136 e. The first-order chi connectivity index (χ1) is 10.2. The van der Waals surface area contributed by atoms with Gasteiger partial charge in [-0.2, -0.15) is 0 Å². The Labute approximate surface area is 133 Å². The Morgan fingerprint density at radius 1 is 1.29 bits per heavy atom. The lowest BCUT2D eigenvalue weighted by Crippen LogP contribution is -2.19. The number of thioether (sulfide) groups is 1. The van der Waals surface area contributed by atoms with Gasteiger partial charge in [0.25, 0.3) is 0 Å². The van der Waals surface area contributed by atoms with Crippen LogP contribution in [0.3, 0.4) is 0 Å². The lowest BCUT2D eigenvalue weighted by molar-refractivity contribution is 0.404. The van der Waals surface area contributed by atoms with Crippen LogP contribution in [0.1, 0.15) is 11.6 Å². The van der Waals surface area contributed by atoms with E-state index >= 15 is 0 Å². The van der Waals surface area contributed by atoms with Crippen molar-refractivity contribution >= 4 is 23.4 Å². The summed E-state index contributed by atoms with van der Waals surface area (Å²) in [5.74, 6) is 1.25. The molecule has 2 rings (SSSR count). The lowest BCUT2D eigenvalue weighted by Gasteiger charge is -2.19. The fourth-order valence-electron chi connectivity index (χ4n) is 2.04. The number of nitrogens with one attached hydrogen (secondary N) is 1. The molecule has 1 unspecified atom stereocenters. The second-order valence-corrected chi connectivity index (χ2v) is 5.97. The number of halogens is 2. The van der Waals surface area contributed by atoms with Crippen LogP contribution < -0.4 is 10.1 Å². The molecule has 0 aliphatic carbocycles. The molecule has 112 valence electrons. The molecule has 0 aliphatic rings. The third kappa shape index (κ3) is 4.13. The van der Waals surface area contributed by atoms with Gasteiger partial charge < -0.3 is 10.1 Å². The average molecular weight is 326 g/mol. The van der Waals surface area contributed by atoms with Crippen molar-refractivity contribution in [2.24, 2.45) is 0 Å². The predicted octanol–water partition coefficient (Wildman–Crippen LogP) is 4.54. The first kappa shape index (κ1) is 16.1. The zero-order valence-electron chi connectivity index (χ0n) is 11.9. The Hall–Kier alpha value is -1.23. The zero-order chi connectivity index (χ0) is 15.2. The first-order valence-corrected chi connectivity index (χ1v) is 7.90. The molecule has 0 fully saturated rings. The van der Waals surface area contributed by atoms with Gasteiger partial charge in [0.15, 0.2) is 0 Å². The molecule has 2 nitrogen and oxygen atoms in total. The number of rotatable bonds is 6. The Morgan fingerprint density at radius 3 is 2.71 bits per heavy atom. The highest BCUT2D eigenvalue weighted by Gasteiger charge is 2.16. The van der Waals surface area contributed by atoms with Crippen molar-refractivity contribution in [1.82, 2.24) is 5.32 Å². The molecule has 5 heteroatoms. The molecule has 2 aromatic carbocycles. The Morgan fingerprint density at radius 2 is 2.05 bits per heavy atom. The van der Waals surface area contributed by atoms with Crippen molar-refractivity contribution in [2.75, 3.05) is 19.9 Å². The van der Waals surface area contributed by atoms with E-state index in [1.807, 2.05) is 25.2 Å². The van der Waals surface area contributed by atoms with E-state index in [4.69, 9.17) is 16.3 Å². The SMILES string of the molecule is CNC(CSc1ccccc1F)c1cc(Cl)ccc1OC. The van der Waals surface area contributed by atoms with Crippen LogP contribution in [0.2, 0.25) is 5.02 Å². The Balaban J connectivity index is 2.17. The number of hydrogen-bond donors (Lipinski definition) is 1. The summed E-state index contributed by atoms with van der Waals surface area (Å²) in [5, 5.41) is 3.88. The first-order valence-electron chi connectivity index (χ1n) is 6.53. The van der Waals surface area contributed by atoms with E-state index in [-0.39, 0.29) is 11.9 Å². The summed E-state index contributed by atoms with van der Waals surface area (Å²) in [5.41, 5.74) is 0.969. The van der Waals surface area contributed by atoms with Gasteiger partial charge in [-0.15, -0.1) is 11.8 Å². The zero-order valence-corrected chi connectivity index (χ0v) is 13.5. The van der Waals surface area contributed by atoms with Crippen molar-refractivity contribution in [2.45, 2.75) is 10.9 Å². The normalized spacial score (nSPS) is 12.2. The molecule has 0 amide bonds. The van der Waals surface area contributed by atoms with E-state index < -0.39 is 0 Å². The molecule has 0 aliphatic heterocycles. The third-order valence-electron chi connectivity index (χ3n) is 3.16. The molecule has 21 heavy (non-hydrogen) atoms. The molecule has 2 aromatic rings. The van der Waals surface area contributed by atoms with Crippen LogP contribution in [0.25, 0.3) is 0 Å². The predicted molar refractivity (Wildman–Crippen MR) is 86.9 cm³/mol. The maximum absolute atomic E-state index is 13.7. The quantitative estimate of drug-likeness (QED) is 0.788. The van der Waals surface area contributed by atoms with Gasteiger partial charge in [-0.05, 0) is 37.4 Å². The minimum absolute atomic E-state index is 0.0169. The topological polar surface area (TPSA) is 21.3 Å². The van der Waals surface area contributed by atoms with E-state index in [0.29, 0.717) is 15.7 Å². The number of ether oxygens (including phenoxy) is 1. The van der Waals surface area contributed by atoms with Crippen molar-refractivity contribution in [3.63, 3.8) is 0 Å². The van der Waals surface area contributed by atoms with E-state index in [1.54, 1.807) is 25.3 Å². The molecule has 0 saturated carbocycles. The van der Waals surface area contributed by atoms with Crippen molar-refractivity contribution in [1.29, 1.82) is 0 Å². The summed E-state index contributed by atoms with van der Waals surface area (Å²) in [7, 11) is 3.50. The fraction of sp³-hybridized carbons (Fsp3) is 0.250. The second-order valence-electron chi connectivity index (χ2n) is 4.47. The van der Waals surface area contributed by atoms with Crippen LogP contribution in [0.4, 0.5) is 4.39 Å². The molecular weight excluding hydrogens is 309 g/mol.